The summed E-state index contributed by atoms with van der Waals surface area (Å²) >= 11 is 1.86. The van der Waals surface area contributed by atoms with Crippen molar-refractivity contribution < 1.29 is 0 Å². The highest BCUT2D eigenvalue weighted by atomic mass is 32.2. The second-order valence-corrected chi connectivity index (χ2v) is 5.23. The summed E-state index contributed by atoms with van der Waals surface area (Å²) in [4.78, 5) is 11.0. The first-order valence-corrected chi connectivity index (χ1v) is 7.84. The molecular formula is C13H24N4S. The Morgan fingerprint density at radius 1 is 1.39 bits per heavy atom. The van der Waals surface area contributed by atoms with E-state index in [4.69, 9.17) is 0 Å². The SMILES string of the molecule is CCNc1ncnc(N(C)C(C)CSC)c1CC. The van der Waals surface area contributed by atoms with E-state index in [1.807, 2.05) is 11.8 Å². The predicted molar refractivity (Wildman–Crippen MR) is 81.8 cm³/mol. The molecule has 1 aromatic heterocycles. The molecule has 1 atom stereocenters. The number of nitrogens with zero attached hydrogens (tertiary/aromatic N) is 3. The second kappa shape index (κ2) is 7.46. The number of hydrogen-bond donors (Lipinski definition) is 1. The Morgan fingerprint density at radius 3 is 2.67 bits per heavy atom. The average Bonchev–Trinajstić information content (AvgIpc) is 2.38. The number of anilines is 2. The van der Waals surface area contributed by atoms with Crippen LogP contribution in [0.5, 0.6) is 0 Å². The maximum Gasteiger partial charge on any atom is 0.137 e. The van der Waals surface area contributed by atoms with E-state index in [9.17, 15) is 0 Å². The van der Waals surface area contributed by atoms with Crippen LogP contribution in [0.3, 0.4) is 0 Å². The van der Waals surface area contributed by atoms with Crippen LogP contribution in [-0.4, -0.2) is 41.6 Å². The number of aromatic nitrogens is 2. The standard InChI is InChI=1S/C13H24N4S/c1-6-11-12(14-7-2)15-9-16-13(11)17(4)10(3)8-18-5/h9-10H,6-8H2,1-5H3,(H,14,15,16). The van der Waals surface area contributed by atoms with Crippen LogP contribution in [0.4, 0.5) is 11.6 Å². The summed E-state index contributed by atoms with van der Waals surface area (Å²) in [5, 5.41) is 3.31. The van der Waals surface area contributed by atoms with E-state index in [1.165, 1.54) is 5.56 Å². The van der Waals surface area contributed by atoms with Crippen molar-refractivity contribution in [2.45, 2.75) is 33.2 Å². The van der Waals surface area contributed by atoms with Crippen molar-refractivity contribution in [1.29, 1.82) is 0 Å². The Morgan fingerprint density at radius 2 is 2.11 bits per heavy atom. The summed E-state index contributed by atoms with van der Waals surface area (Å²) < 4.78 is 0. The molecule has 1 rings (SSSR count). The fourth-order valence-electron chi connectivity index (χ4n) is 1.91. The van der Waals surface area contributed by atoms with Crippen molar-refractivity contribution in [2.24, 2.45) is 0 Å². The molecule has 0 saturated carbocycles. The van der Waals surface area contributed by atoms with Gasteiger partial charge in [-0.1, -0.05) is 6.92 Å². The third-order valence-corrected chi connectivity index (χ3v) is 3.84. The van der Waals surface area contributed by atoms with E-state index in [0.29, 0.717) is 6.04 Å². The molecular weight excluding hydrogens is 244 g/mol. The molecule has 0 amide bonds. The van der Waals surface area contributed by atoms with Gasteiger partial charge in [-0.3, -0.25) is 0 Å². The van der Waals surface area contributed by atoms with Gasteiger partial charge >= 0.3 is 0 Å². The Hall–Kier alpha value is -0.970. The molecule has 4 nitrogen and oxygen atoms in total. The first-order valence-electron chi connectivity index (χ1n) is 6.45. The highest BCUT2D eigenvalue weighted by Gasteiger charge is 2.16. The molecule has 0 aliphatic heterocycles. The van der Waals surface area contributed by atoms with Crippen molar-refractivity contribution in [3.63, 3.8) is 0 Å². The smallest absolute Gasteiger partial charge is 0.137 e. The van der Waals surface area contributed by atoms with Crippen LogP contribution in [0.15, 0.2) is 6.33 Å². The summed E-state index contributed by atoms with van der Waals surface area (Å²) in [7, 11) is 2.11. The normalized spacial score (nSPS) is 12.3. The lowest BCUT2D eigenvalue weighted by molar-refractivity contribution is 0.745. The van der Waals surface area contributed by atoms with Crippen LogP contribution in [0.25, 0.3) is 0 Å². The molecule has 0 fully saturated rings. The highest BCUT2D eigenvalue weighted by Crippen LogP contribution is 2.24. The van der Waals surface area contributed by atoms with Gasteiger partial charge in [0.05, 0.1) is 0 Å². The Kier molecular flexibility index (Phi) is 6.25. The van der Waals surface area contributed by atoms with Gasteiger partial charge < -0.3 is 10.2 Å². The van der Waals surface area contributed by atoms with Gasteiger partial charge in [0.2, 0.25) is 0 Å². The van der Waals surface area contributed by atoms with Crippen molar-refractivity contribution in [3.05, 3.63) is 11.9 Å². The van der Waals surface area contributed by atoms with Crippen molar-refractivity contribution in [2.75, 3.05) is 35.8 Å². The number of hydrogen-bond acceptors (Lipinski definition) is 5. The topological polar surface area (TPSA) is 41.1 Å². The minimum absolute atomic E-state index is 0.467. The van der Waals surface area contributed by atoms with Gasteiger partial charge in [0.15, 0.2) is 0 Å². The lowest BCUT2D eigenvalue weighted by atomic mass is 10.2. The molecule has 0 spiro atoms. The van der Waals surface area contributed by atoms with Crippen LogP contribution in [0.1, 0.15) is 26.3 Å². The summed E-state index contributed by atoms with van der Waals surface area (Å²) in [5.74, 6) is 3.11. The molecule has 102 valence electrons. The van der Waals surface area contributed by atoms with E-state index in [-0.39, 0.29) is 0 Å². The quantitative estimate of drug-likeness (QED) is 0.823. The zero-order chi connectivity index (χ0) is 13.5. The van der Waals surface area contributed by atoms with Crippen LogP contribution < -0.4 is 10.2 Å². The highest BCUT2D eigenvalue weighted by molar-refractivity contribution is 7.98. The Balaban J connectivity index is 3.03. The molecule has 0 aromatic carbocycles. The third-order valence-electron chi connectivity index (χ3n) is 3.02. The van der Waals surface area contributed by atoms with Crippen molar-refractivity contribution in [3.8, 4) is 0 Å². The van der Waals surface area contributed by atoms with Crippen LogP contribution >= 0.6 is 11.8 Å². The van der Waals surface area contributed by atoms with Gasteiger partial charge in [-0.25, -0.2) is 9.97 Å². The summed E-state index contributed by atoms with van der Waals surface area (Å²) in [6, 6.07) is 0.467. The largest absolute Gasteiger partial charge is 0.370 e. The van der Waals surface area contributed by atoms with E-state index in [0.717, 1.165) is 30.4 Å². The summed E-state index contributed by atoms with van der Waals surface area (Å²) in [6.45, 7) is 7.34. The first-order chi connectivity index (χ1) is 8.65. The van der Waals surface area contributed by atoms with Gasteiger partial charge in [0, 0.05) is 31.0 Å². The maximum absolute atomic E-state index is 4.46. The van der Waals surface area contributed by atoms with Gasteiger partial charge in [-0.15, -0.1) is 0 Å². The molecule has 0 aliphatic rings. The molecule has 5 heteroatoms. The molecule has 1 aromatic rings. The zero-order valence-electron chi connectivity index (χ0n) is 12.0. The van der Waals surface area contributed by atoms with E-state index in [2.05, 4.69) is 54.3 Å². The Labute approximate surface area is 115 Å². The van der Waals surface area contributed by atoms with Crippen LogP contribution in [0, 0.1) is 0 Å². The van der Waals surface area contributed by atoms with Gasteiger partial charge in [-0.05, 0) is 26.5 Å². The molecule has 0 radical (unpaired) electrons. The lowest BCUT2D eigenvalue weighted by Crippen LogP contribution is -2.32. The van der Waals surface area contributed by atoms with Crippen molar-refractivity contribution in [1.82, 2.24) is 9.97 Å². The number of nitrogens with one attached hydrogen (secondary N) is 1. The molecule has 0 bridgehead atoms. The van der Waals surface area contributed by atoms with Crippen LogP contribution in [-0.2, 0) is 6.42 Å². The molecule has 1 unspecified atom stereocenters. The first kappa shape index (κ1) is 15.1. The fraction of sp³-hybridized carbons (Fsp3) is 0.692. The number of thioether (sulfide) groups is 1. The molecule has 0 aliphatic carbocycles. The third kappa shape index (κ3) is 3.51. The van der Waals surface area contributed by atoms with Crippen molar-refractivity contribution >= 4 is 23.4 Å². The van der Waals surface area contributed by atoms with Gasteiger partial charge in [-0.2, -0.15) is 11.8 Å². The minimum Gasteiger partial charge on any atom is -0.370 e. The van der Waals surface area contributed by atoms with E-state index in [1.54, 1.807) is 6.33 Å². The number of rotatable bonds is 7. The van der Waals surface area contributed by atoms with Crippen LogP contribution in [0.2, 0.25) is 0 Å². The molecule has 1 N–H and O–H groups in total. The van der Waals surface area contributed by atoms with Gasteiger partial charge in [0.1, 0.15) is 18.0 Å². The molecule has 18 heavy (non-hydrogen) atoms. The lowest BCUT2D eigenvalue weighted by Gasteiger charge is -2.27. The monoisotopic (exact) mass is 268 g/mol. The van der Waals surface area contributed by atoms with E-state index < -0.39 is 0 Å². The van der Waals surface area contributed by atoms with Gasteiger partial charge in [0.25, 0.3) is 0 Å². The molecule has 1 heterocycles. The zero-order valence-corrected chi connectivity index (χ0v) is 12.8. The Bertz CT molecular complexity index is 370. The van der Waals surface area contributed by atoms with E-state index >= 15 is 0 Å². The molecule has 0 saturated heterocycles. The fourth-order valence-corrected chi connectivity index (χ4v) is 2.62. The second-order valence-electron chi connectivity index (χ2n) is 4.32. The maximum atomic E-state index is 4.46. The average molecular weight is 268 g/mol. The summed E-state index contributed by atoms with van der Waals surface area (Å²) in [6.07, 6.45) is 4.72. The summed E-state index contributed by atoms with van der Waals surface area (Å²) in [5.41, 5.74) is 1.20. The minimum atomic E-state index is 0.467. The predicted octanol–water partition coefficient (Wildman–Crippen LogP) is 2.66.